The van der Waals surface area contributed by atoms with Gasteiger partial charge in [0.2, 0.25) is 0 Å². The van der Waals surface area contributed by atoms with Crippen LogP contribution in [0.2, 0.25) is 0 Å². The molecule has 0 spiro atoms. The third-order valence-corrected chi connectivity index (χ3v) is 3.62. The van der Waals surface area contributed by atoms with Gasteiger partial charge in [-0.2, -0.15) is 0 Å². The van der Waals surface area contributed by atoms with Crippen LogP contribution in [-0.2, 0) is 0 Å². The summed E-state index contributed by atoms with van der Waals surface area (Å²) < 4.78 is 0. The Bertz CT molecular complexity index is 406. The molecule has 0 aliphatic carbocycles. The summed E-state index contributed by atoms with van der Waals surface area (Å²) in [4.78, 5) is 0. The molecule has 0 bridgehead atoms. The van der Waals surface area contributed by atoms with Crippen LogP contribution < -0.4 is 5.73 Å². The summed E-state index contributed by atoms with van der Waals surface area (Å²) in [6.45, 7) is 2.95. The van der Waals surface area contributed by atoms with Gasteiger partial charge < -0.3 is 5.73 Å². The number of nitrogens with two attached hydrogens (primary N) is 1. The normalized spacial score (nSPS) is 12.6. The van der Waals surface area contributed by atoms with Gasteiger partial charge in [-0.1, -0.05) is 74.0 Å². The fraction of sp³-hybridized carbons (Fsp3) is 0.294. The molecule has 0 aliphatic heterocycles. The van der Waals surface area contributed by atoms with E-state index in [-0.39, 0.29) is 0 Å². The Morgan fingerprint density at radius 3 is 1.61 bits per heavy atom. The standard InChI is InChI=1S/C17H21N/c1-2-14(13-18)17(15-9-5-3-6-10-15)16-11-7-4-8-12-16/h3-12,14,17H,2,13,18H2,1H3. The summed E-state index contributed by atoms with van der Waals surface area (Å²) in [7, 11) is 0. The second kappa shape index (κ2) is 6.36. The minimum atomic E-state index is 0.405. The minimum Gasteiger partial charge on any atom is -0.330 e. The van der Waals surface area contributed by atoms with Crippen molar-refractivity contribution in [3.63, 3.8) is 0 Å². The van der Waals surface area contributed by atoms with Crippen LogP contribution in [0, 0.1) is 5.92 Å². The monoisotopic (exact) mass is 239 g/mol. The highest BCUT2D eigenvalue weighted by atomic mass is 14.6. The zero-order chi connectivity index (χ0) is 12.8. The number of hydrogen-bond acceptors (Lipinski definition) is 1. The van der Waals surface area contributed by atoms with Gasteiger partial charge in [-0.05, 0) is 23.6 Å². The molecule has 0 heterocycles. The van der Waals surface area contributed by atoms with Gasteiger partial charge in [-0.25, -0.2) is 0 Å². The summed E-state index contributed by atoms with van der Waals surface area (Å²) in [5.41, 5.74) is 8.68. The first-order valence-electron chi connectivity index (χ1n) is 6.66. The van der Waals surface area contributed by atoms with Crippen LogP contribution in [0.1, 0.15) is 30.4 Å². The Hall–Kier alpha value is -1.60. The highest BCUT2D eigenvalue weighted by Crippen LogP contribution is 2.33. The summed E-state index contributed by atoms with van der Waals surface area (Å²) in [5, 5.41) is 0. The van der Waals surface area contributed by atoms with Crippen molar-refractivity contribution >= 4 is 0 Å². The van der Waals surface area contributed by atoms with E-state index in [1.807, 2.05) is 0 Å². The van der Waals surface area contributed by atoms with Crippen molar-refractivity contribution in [1.29, 1.82) is 0 Å². The molecule has 0 saturated heterocycles. The largest absolute Gasteiger partial charge is 0.330 e. The molecule has 0 amide bonds. The van der Waals surface area contributed by atoms with E-state index in [1.165, 1.54) is 11.1 Å². The molecule has 0 saturated carbocycles. The van der Waals surface area contributed by atoms with Gasteiger partial charge in [0.15, 0.2) is 0 Å². The molecule has 0 fully saturated rings. The maximum Gasteiger partial charge on any atom is 0.0129 e. The molecular formula is C17H21N. The molecular weight excluding hydrogens is 218 g/mol. The Morgan fingerprint density at radius 2 is 1.28 bits per heavy atom. The quantitative estimate of drug-likeness (QED) is 0.843. The van der Waals surface area contributed by atoms with Crippen LogP contribution in [0.4, 0.5) is 0 Å². The first kappa shape index (κ1) is 12.8. The van der Waals surface area contributed by atoms with Crippen molar-refractivity contribution in [2.75, 3.05) is 6.54 Å². The Balaban J connectivity index is 2.41. The van der Waals surface area contributed by atoms with Crippen LogP contribution in [0.15, 0.2) is 60.7 Å². The lowest BCUT2D eigenvalue weighted by molar-refractivity contribution is 0.463. The third-order valence-electron chi connectivity index (χ3n) is 3.62. The van der Waals surface area contributed by atoms with E-state index in [9.17, 15) is 0 Å². The molecule has 1 atom stereocenters. The Kier molecular flexibility index (Phi) is 4.54. The van der Waals surface area contributed by atoms with E-state index in [0.29, 0.717) is 11.8 Å². The lowest BCUT2D eigenvalue weighted by Gasteiger charge is -2.26. The van der Waals surface area contributed by atoms with E-state index in [4.69, 9.17) is 5.73 Å². The molecule has 0 aliphatic rings. The van der Waals surface area contributed by atoms with Gasteiger partial charge in [0.25, 0.3) is 0 Å². The van der Waals surface area contributed by atoms with Gasteiger partial charge >= 0.3 is 0 Å². The number of benzene rings is 2. The topological polar surface area (TPSA) is 26.0 Å². The fourth-order valence-corrected chi connectivity index (χ4v) is 2.60. The van der Waals surface area contributed by atoms with Gasteiger partial charge in [0.05, 0.1) is 0 Å². The van der Waals surface area contributed by atoms with Crippen LogP contribution in [0.25, 0.3) is 0 Å². The van der Waals surface area contributed by atoms with E-state index in [1.54, 1.807) is 0 Å². The summed E-state index contributed by atoms with van der Waals surface area (Å²) >= 11 is 0. The van der Waals surface area contributed by atoms with Crippen LogP contribution >= 0.6 is 0 Å². The lowest BCUT2D eigenvalue weighted by atomic mass is 9.79. The van der Waals surface area contributed by atoms with E-state index in [0.717, 1.165) is 13.0 Å². The second-order valence-corrected chi connectivity index (χ2v) is 4.70. The molecule has 18 heavy (non-hydrogen) atoms. The molecule has 94 valence electrons. The summed E-state index contributed by atoms with van der Waals surface area (Å²) in [5.74, 6) is 0.900. The SMILES string of the molecule is CCC(CN)C(c1ccccc1)c1ccccc1. The zero-order valence-electron chi connectivity index (χ0n) is 10.9. The van der Waals surface area contributed by atoms with Gasteiger partial charge in [0, 0.05) is 5.92 Å². The first-order chi connectivity index (χ1) is 8.86. The molecule has 0 radical (unpaired) electrons. The summed E-state index contributed by atoms with van der Waals surface area (Å²) in [6, 6.07) is 21.4. The average molecular weight is 239 g/mol. The lowest BCUT2D eigenvalue weighted by Crippen LogP contribution is -2.22. The highest BCUT2D eigenvalue weighted by Gasteiger charge is 2.21. The van der Waals surface area contributed by atoms with Crippen LogP contribution in [-0.4, -0.2) is 6.54 Å². The van der Waals surface area contributed by atoms with Crippen molar-refractivity contribution in [2.24, 2.45) is 11.7 Å². The molecule has 0 aromatic heterocycles. The molecule has 2 aromatic rings. The maximum atomic E-state index is 5.96. The first-order valence-corrected chi connectivity index (χ1v) is 6.66. The van der Waals surface area contributed by atoms with Gasteiger partial charge in [-0.15, -0.1) is 0 Å². The van der Waals surface area contributed by atoms with Crippen molar-refractivity contribution in [1.82, 2.24) is 0 Å². The summed E-state index contributed by atoms with van der Waals surface area (Å²) in [6.07, 6.45) is 1.10. The number of hydrogen-bond donors (Lipinski definition) is 1. The molecule has 2 rings (SSSR count). The fourth-order valence-electron chi connectivity index (χ4n) is 2.60. The Morgan fingerprint density at radius 1 is 0.833 bits per heavy atom. The second-order valence-electron chi connectivity index (χ2n) is 4.70. The molecule has 1 unspecified atom stereocenters. The predicted octanol–water partition coefficient (Wildman–Crippen LogP) is 3.80. The van der Waals surface area contributed by atoms with Crippen molar-refractivity contribution in [3.8, 4) is 0 Å². The van der Waals surface area contributed by atoms with Crippen molar-refractivity contribution < 1.29 is 0 Å². The minimum absolute atomic E-state index is 0.405. The van der Waals surface area contributed by atoms with E-state index < -0.39 is 0 Å². The third kappa shape index (κ3) is 2.80. The van der Waals surface area contributed by atoms with Gasteiger partial charge in [0.1, 0.15) is 0 Å². The number of rotatable bonds is 5. The van der Waals surface area contributed by atoms with E-state index in [2.05, 4.69) is 67.6 Å². The predicted molar refractivity (Wildman–Crippen MR) is 77.6 cm³/mol. The van der Waals surface area contributed by atoms with E-state index >= 15 is 0 Å². The van der Waals surface area contributed by atoms with Crippen LogP contribution in [0.5, 0.6) is 0 Å². The molecule has 2 aromatic carbocycles. The average Bonchev–Trinajstić information content (AvgIpc) is 2.46. The molecule has 1 nitrogen and oxygen atoms in total. The van der Waals surface area contributed by atoms with Gasteiger partial charge in [-0.3, -0.25) is 0 Å². The molecule has 2 N–H and O–H groups in total. The zero-order valence-corrected chi connectivity index (χ0v) is 10.9. The highest BCUT2D eigenvalue weighted by molar-refractivity contribution is 5.33. The Labute approximate surface area is 110 Å². The molecule has 1 heteroatoms. The van der Waals surface area contributed by atoms with Crippen LogP contribution in [0.3, 0.4) is 0 Å². The smallest absolute Gasteiger partial charge is 0.0129 e. The maximum absolute atomic E-state index is 5.96. The van der Waals surface area contributed by atoms with Crippen molar-refractivity contribution in [3.05, 3.63) is 71.8 Å². The van der Waals surface area contributed by atoms with Crippen molar-refractivity contribution in [2.45, 2.75) is 19.3 Å².